The standard InChI is InChI=1S/C8H13BrN4/c1-12-8(6-10-11-12)13-4-2-3-7(13)5-9/h6-7H,2-5H2,1H3. The Morgan fingerprint density at radius 2 is 2.54 bits per heavy atom. The van der Waals surface area contributed by atoms with Gasteiger partial charge in [-0.2, -0.15) is 0 Å². The Kier molecular flexibility index (Phi) is 2.53. The van der Waals surface area contributed by atoms with Crippen molar-refractivity contribution < 1.29 is 0 Å². The minimum atomic E-state index is 0.609. The Bertz CT molecular complexity index is 285. The number of aromatic nitrogens is 3. The molecule has 1 atom stereocenters. The molecule has 2 rings (SSSR count). The van der Waals surface area contributed by atoms with Gasteiger partial charge in [0.2, 0.25) is 0 Å². The monoisotopic (exact) mass is 244 g/mol. The van der Waals surface area contributed by atoms with Crippen molar-refractivity contribution in [1.82, 2.24) is 15.0 Å². The summed E-state index contributed by atoms with van der Waals surface area (Å²) >= 11 is 3.54. The first-order chi connectivity index (χ1) is 6.33. The Morgan fingerprint density at radius 3 is 3.15 bits per heavy atom. The maximum absolute atomic E-state index is 3.94. The number of hydrogen-bond acceptors (Lipinski definition) is 3. The highest BCUT2D eigenvalue weighted by atomic mass is 79.9. The van der Waals surface area contributed by atoms with E-state index in [0.29, 0.717) is 6.04 Å². The normalized spacial score (nSPS) is 22.6. The molecule has 1 aromatic heterocycles. The van der Waals surface area contributed by atoms with Crippen LogP contribution < -0.4 is 4.90 Å². The van der Waals surface area contributed by atoms with E-state index in [1.165, 1.54) is 12.8 Å². The van der Waals surface area contributed by atoms with Crippen molar-refractivity contribution in [2.75, 3.05) is 16.8 Å². The summed E-state index contributed by atoms with van der Waals surface area (Å²) in [5.41, 5.74) is 0. The highest BCUT2D eigenvalue weighted by molar-refractivity contribution is 9.09. The van der Waals surface area contributed by atoms with E-state index in [1.54, 1.807) is 0 Å². The van der Waals surface area contributed by atoms with Crippen molar-refractivity contribution in [3.63, 3.8) is 0 Å². The molecule has 0 amide bonds. The van der Waals surface area contributed by atoms with Crippen LogP contribution in [0.5, 0.6) is 0 Å². The zero-order valence-electron chi connectivity index (χ0n) is 7.65. The van der Waals surface area contributed by atoms with Crippen LogP contribution in [0, 0.1) is 0 Å². The lowest BCUT2D eigenvalue weighted by Crippen LogP contribution is -2.31. The van der Waals surface area contributed by atoms with Crippen LogP contribution in [0.2, 0.25) is 0 Å². The topological polar surface area (TPSA) is 34.0 Å². The number of alkyl halides is 1. The highest BCUT2D eigenvalue weighted by Gasteiger charge is 2.25. The van der Waals surface area contributed by atoms with E-state index in [-0.39, 0.29) is 0 Å². The molecule has 4 nitrogen and oxygen atoms in total. The molecule has 1 fully saturated rings. The van der Waals surface area contributed by atoms with E-state index in [0.717, 1.165) is 17.7 Å². The predicted molar refractivity (Wildman–Crippen MR) is 55.2 cm³/mol. The second-order valence-corrected chi connectivity index (χ2v) is 4.01. The average Bonchev–Trinajstić information content (AvgIpc) is 2.71. The molecular weight excluding hydrogens is 232 g/mol. The van der Waals surface area contributed by atoms with Crippen molar-refractivity contribution in [2.24, 2.45) is 7.05 Å². The summed E-state index contributed by atoms with van der Waals surface area (Å²) in [4.78, 5) is 2.37. The van der Waals surface area contributed by atoms with E-state index >= 15 is 0 Å². The van der Waals surface area contributed by atoms with Crippen LogP contribution in [0.25, 0.3) is 0 Å². The molecule has 1 saturated heterocycles. The van der Waals surface area contributed by atoms with Gasteiger partial charge >= 0.3 is 0 Å². The van der Waals surface area contributed by atoms with E-state index in [4.69, 9.17) is 0 Å². The first-order valence-corrected chi connectivity index (χ1v) is 5.62. The van der Waals surface area contributed by atoms with Gasteiger partial charge in [-0.3, -0.25) is 0 Å². The van der Waals surface area contributed by atoms with E-state index in [1.807, 2.05) is 17.9 Å². The Balaban J connectivity index is 2.20. The first-order valence-electron chi connectivity index (χ1n) is 4.50. The Morgan fingerprint density at radius 1 is 1.69 bits per heavy atom. The van der Waals surface area contributed by atoms with Crippen LogP contribution in [0.4, 0.5) is 5.82 Å². The quantitative estimate of drug-likeness (QED) is 0.733. The van der Waals surface area contributed by atoms with Crippen LogP contribution in [0.3, 0.4) is 0 Å². The lowest BCUT2D eigenvalue weighted by atomic mass is 10.2. The fourth-order valence-electron chi connectivity index (χ4n) is 1.84. The molecular formula is C8H13BrN4. The van der Waals surface area contributed by atoms with Crippen LogP contribution in [-0.2, 0) is 7.05 Å². The number of anilines is 1. The molecule has 1 aromatic rings. The molecule has 2 heterocycles. The third-order valence-electron chi connectivity index (χ3n) is 2.54. The van der Waals surface area contributed by atoms with Crippen LogP contribution >= 0.6 is 15.9 Å². The van der Waals surface area contributed by atoms with Crippen LogP contribution in [0.1, 0.15) is 12.8 Å². The summed E-state index contributed by atoms with van der Waals surface area (Å²) < 4.78 is 1.83. The summed E-state index contributed by atoms with van der Waals surface area (Å²) in [7, 11) is 1.94. The number of hydrogen-bond donors (Lipinski definition) is 0. The second kappa shape index (κ2) is 3.65. The molecule has 0 aliphatic carbocycles. The molecule has 1 unspecified atom stereocenters. The number of aryl methyl sites for hydroxylation is 1. The number of nitrogens with zero attached hydrogens (tertiary/aromatic N) is 4. The SMILES string of the molecule is Cn1nncc1N1CCCC1CBr. The summed E-state index contributed by atoms with van der Waals surface area (Å²) in [6.45, 7) is 1.12. The fraction of sp³-hybridized carbons (Fsp3) is 0.750. The predicted octanol–water partition coefficient (Wildman–Crippen LogP) is 1.18. The summed E-state index contributed by atoms with van der Waals surface area (Å²) in [6, 6.07) is 0.609. The van der Waals surface area contributed by atoms with E-state index in [2.05, 4.69) is 31.1 Å². The molecule has 0 bridgehead atoms. The van der Waals surface area contributed by atoms with Gasteiger partial charge in [0.1, 0.15) is 5.82 Å². The zero-order valence-corrected chi connectivity index (χ0v) is 9.24. The van der Waals surface area contributed by atoms with Gasteiger partial charge in [0.15, 0.2) is 0 Å². The van der Waals surface area contributed by atoms with E-state index < -0.39 is 0 Å². The summed E-state index contributed by atoms with van der Waals surface area (Å²) in [5.74, 6) is 1.13. The molecule has 5 heteroatoms. The lowest BCUT2D eigenvalue weighted by molar-refractivity contribution is 0.671. The van der Waals surface area contributed by atoms with Crippen LogP contribution in [-0.4, -0.2) is 32.9 Å². The van der Waals surface area contributed by atoms with Crippen molar-refractivity contribution in [3.05, 3.63) is 6.20 Å². The molecule has 0 N–H and O–H groups in total. The summed E-state index contributed by atoms with van der Waals surface area (Å²) in [5, 5.41) is 8.86. The van der Waals surface area contributed by atoms with Crippen molar-refractivity contribution in [3.8, 4) is 0 Å². The summed E-state index contributed by atoms with van der Waals surface area (Å²) in [6.07, 6.45) is 4.36. The zero-order chi connectivity index (χ0) is 9.26. The van der Waals surface area contributed by atoms with Gasteiger partial charge in [0, 0.05) is 25.0 Å². The maximum Gasteiger partial charge on any atom is 0.147 e. The molecule has 0 spiro atoms. The first kappa shape index (κ1) is 8.99. The van der Waals surface area contributed by atoms with Gasteiger partial charge < -0.3 is 4.90 Å². The highest BCUT2D eigenvalue weighted by Crippen LogP contribution is 2.24. The lowest BCUT2D eigenvalue weighted by Gasteiger charge is -2.23. The van der Waals surface area contributed by atoms with Crippen molar-refractivity contribution in [2.45, 2.75) is 18.9 Å². The maximum atomic E-state index is 3.94. The van der Waals surface area contributed by atoms with Crippen molar-refractivity contribution >= 4 is 21.7 Å². The second-order valence-electron chi connectivity index (χ2n) is 3.36. The van der Waals surface area contributed by atoms with Gasteiger partial charge in [-0.1, -0.05) is 21.1 Å². The minimum Gasteiger partial charge on any atom is -0.352 e. The van der Waals surface area contributed by atoms with E-state index in [9.17, 15) is 0 Å². The molecule has 13 heavy (non-hydrogen) atoms. The minimum absolute atomic E-state index is 0.609. The molecule has 1 aliphatic rings. The molecule has 0 saturated carbocycles. The number of rotatable bonds is 2. The third kappa shape index (κ3) is 1.57. The number of halogens is 1. The van der Waals surface area contributed by atoms with Crippen molar-refractivity contribution in [1.29, 1.82) is 0 Å². The van der Waals surface area contributed by atoms with Gasteiger partial charge in [0.25, 0.3) is 0 Å². The Hall–Kier alpha value is -0.580. The van der Waals surface area contributed by atoms with Gasteiger partial charge in [-0.25, -0.2) is 4.68 Å². The third-order valence-corrected chi connectivity index (χ3v) is 3.29. The van der Waals surface area contributed by atoms with Gasteiger partial charge in [-0.15, -0.1) is 5.10 Å². The smallest absolute Gasteiger partial charge is 0.147 e. The largest absolute Gasteiger partial charge is 0.352 e. The van der Waals surface area contributed by atoms with Gasteiger partial charge in [0.05, 0.1) is 6.20 Å². The molecule has 0 radical (unpaired) electrons. The average molecular weight is 245 g/mol. The fourth-order valence-corrected chi connectivity index (χ4v) is 2.52. The van der Waals surface area contributed by atoms with Gasteiger partial charge in [-0.05, 0) is 12.8 Å². The van der Waals surface area contributed by atoms with Crippen LogP contribution in [0.15, 0.2) is 6.20 Å². The molecule has 72 valence electrons. The molecule has 1 aliphatic heterocycles. The Labute approximate surface area is 86.0 Å². The molecule has 0 aromatic carbocycles.